The number of halogens is 2. The van der Waals surface area contributed by atoms with Gasteiger partial charge in [0.1, 0.15) is 5.75 Å². The predicted octanol–water partition coefficient (Wildman–Crippen LogP) is 5.61. The second-order valence-corrected chi connectivity index (χ2v) is 7.20. The third kappa shape index (κ3) is 2.92. The molecule has 1 aliphatic rings. The number of thioether (sulfide) groups is 1. The second kappa shape index (κ2) is 6.54. The maximum absolute atomic E-state index is 6.11. The standard InChI is InChI=1S/C16H14Br2OS/c17-8-11-4-3-6-14(18)16(11)19-9-12-10-20-15-7-2-1-5-13(12)15/h1-7,12H,8-10H2. The molecule has 3 rings (SSSR count). The first-order valence-electron chi connectivity index (χ1n) is 6.47. The van der Waals surface area contributed by atoms with Crippen LogP contribution in [0.4, 0.5) is 0 Å². The van der Waals surface area contributed by atoms with Gasteiger partial charge in [-0.05, 0) is 33.6 Å². The second-order valence-electron chi connectivity index (χ2n) is 4.72. The van der Waals surface area contributed by atoms with Gasteiger partial charge in [0.15, 0.2) is 0 Å². The van der Waals surface area contributed by atoms with Crippen molar-refractivity contribution in [2.75, 3.05) is 12.4 Å². The SMILES string of the molecule is BrCc1cccc(Br)c1OCC1CSc2ccccc21. The van der Waals surface area contributed by atoms with E-state index >= 15 is 0 Å². The van der Waals surface area contributed by atoms with Crippen molar-refractivity contribution >= 4 is 43.6 Å². The lowest BCUT2D eigenvalue weighted by Crippen LogP contribution is -2.10. The van der Waals surface area contributed by atoms with Crippen LogP contribution in [0.2, 0.25) is 0 Å². The summed E-state index contributed by atoms with van der Waals surface area (Å²) in [5.41, 5.74) is 2.60. The zero-order chi connectivity index (χ0) is 13.9. The van der Waals surface area contributed by atoms with Crippen molar-refractivity contribution in [2.24, 2.45) is 0 Å². The van der Waals surface area contributed by atoms with E-state index in [1.165, 1.54) is 16.0 Å². The maximum atomic E-state index is 6.11. The van der Waals surface area contributed by atoms with E-state index in [1.54, 1.807) is 0 Å². The molecule has 0 aromatic heterocycles. The molecule has 4 heteroatoms. The summed E-state index contributed by atoms with van der Waals surface area (Å²) in [6, 6.07) is 14.8. The minimum absolute atomic E-state index is 0.478. The summed E-state index contributed by atoms with van der Waals surface area (Å²) in [5.74, 6) is 2.54. The Balaban J connectivity index is 1.75. The fourth-order valence-corrected chi connectivity index (χ4v) is 4.57. The molecule has 0 saturated carbocycles. The summed E-state index contributed by atoms with van der Waals surface area (Å²) in [6.07, 6.45) is 0. The van der Waals surface area contributed by atoms with E-state index in [-0.39, 0.29) is 0 Å². The highest BCUT2D eigenvalue weighted by molar-refractivity contribution is 9.10. The Bertz CT molecular complexity index is 615. The third-order valence-electron chi connectivity index (χ3n) is 3.42. The Morgan fingerprint density at radius 1 is 1.15 bits per heavy atom. The van der Waals surface area contributed by atoms with Gasteiger partial charge < -0.3 is 4.74 Å². The van der Waals surface area contributed by atoms with Gasteiger partial charge in [-0.3, -0.25) is 0 Å². The number of hydrogen-bond acceptors (Lipinski definition) is 2. The Kier molecular flexibility index (Phi) is 4.74. The summed E-state index contributed by atoms with van der Waals surface area (Å²) in [6.45, 7) is 0.729. The molecular formula is C16H14Br2OS. The van der Waals surface area contributed by atoms with E-state index in [0.717, 1.165) is 27.9 Å². The van der Waals surface area contributed by atoms with Crippen molar-refractivity contribution in [2.45, 2.75) is 16.1 Å². The van der Waals surface area contributed by atoms with Gasteiger partial charge in [0, 0.05) is 27.5 Å². The van der Waals surface area contributed by atoms with E-state index in [4.69, 9.17) is 4.74 Å². The number of fused-ring (bicyclic) bond motifs is 1. The van der Waals surface area contributed by atoms with Crippen LogP contribution < -0.4 is 4.74 Å². The van der Waals surface area contributed by atoms with Gasteiger partial charge in [-0.25, -0.2) is 0 Å². The summed E-state index contributed by atoms with van der Waals surface area (Å²) in [7, 11) is 0. The van der Waals surface area contributed by atoms with Gasteiger partial charge in [-0.2, -0.15) is 0 Å². The molecule has 1 nitrogen and oxygen atoms in total. The first kappa shape index (κ1) is 14.5. The number of para-hydroxylation sites is 1. The maximum Gasteiger partial charge on any atom is 0.137 e. The normalized spacial score (nSPS) is 17.0. The average Bonchev–Trinajstić information content (AvgIpc) is 2.89. The van der Waals surface area contributed by atoms with Crippen LogP contribution in [0.3, 0.4) is 0 Å². The molecular weight excluding hydrogens is 400 g/mol. The molecule has 1 heterocycles. The minimum Gasteiger partial charge on any atom is -0.491 e. The predicted molar refractivity (Wildman–Crippen MR) is 92.2 cm³/mol. The van der Waals surface area contributed by atoms with Gasteiger partial charge in [-0.1, -0.05) is 46.3 Å². The van der Waals surface area contributed by atoms with Gasteiger partial charge in [0.2, 0.25) is 0 Å². The topological polar surface area (TPSA) is 9.23 Å². The van der Waals surface area contributed by atoms with Gasteiger partial charge in [0.25, 0.3) is 0 Å². The van der Waals surface area contributed by atoms with Gasteiger partial charge >= 0.3 is 0 Å². The van der Waals surface area contributed by atoms with Crippen LogP contribution >= 0.6 is 43.6 Å². The highest BCUT2D eigenvalue weighted by Crippen LogP contribution is 2.40. The third-order valence-corrected chi connectivity index (χ3v) is 5.90. The summed E-state index contributed by atoms with van der Waals surface area (Å²) < 4.78 is 7.13. The zero-order valence-corrected chi connectivity index (χ0v) is 14.8. The fraction of sp³-hybridized carbons (Fsp3) is 0.250. The van der Waals surface area contributed by atoms with Crippen molar-refractivity contribution in [1.29, 1.82) is 0 Å². The van der Waals surface area contributed by atoms with Gasteiger partial charge in [-0.15, -0.1) is 11.8 Å². The Hall–Kier alpha value is -0.450. The number of rotatable bonds is 4. The van der Waals surface area contributed by atoms with Crippen molar-refractivity contribution in [3.8, 4) is 5.75 Å². The highest BCUT2D eigenvalue weighted by atomic mass is 79.9. The van der Waals surface area contributed by atoms with E-state index < -0.39 is 0 Å². The summed E-state index contributed by atoms with van der Waals surface area (Å²) >= 11 is 9.02. The number of ether oxygens (including phenoxy) is 1. The molecule has 1 aliphatic heterocycles. The monoisotopic (exact) mass is 412 g/mol. The van der Waals surface area contributed by atoms with Crippen molar-refractivity contribution in [3.05, 3.63) is 58.1 Å². The summed E-state index contributed by atoms with van der Waals surface area (Å²) in [4.78, 5) is 1.40. The Morgan fingerprint density at radius 2 is 2.00 bits per heavy atom. The molecule has 0 radical (unpaired) electrons. The van der Waals surface area contributed by atoms with Crippen LogP contribution in [0.5, 0.6) is 5.75 Å². The van der Waals surface area contributed by atoms with E-state index in [0.29, 0.717) is 5.92 Å². The van der Waals surface area contributed by atoms with Crippen LogP contribution in [0, 0.1) is 0 Å². The van der Waals surface area contributed by atoms with Crippen molar-refractivity contribution in [3.63, 3.8) is 0 Å². The van der Waals surface area contributed by atoms with Gasteiger partial charge in [0.05, 0.1) is 11.1 Å². The highest BCUT2D eigenvalue weighted by Gasteiger charge is 2.23. The molecule has 0 bridgehead atoms. The quantitative estimate of drug-likeness (QED) is 0.602. The Morgan fingerprint density at radius 3 is 2.85 bits per heavy atom. The smallest absolute Gasteiger partial charge is 0.137 e. The van der Waals surface area contributed by atoms with Crippen LogP contribution in [0.1, 0.15) is 17.0 Å². The van der Waals surface area contributed by atoms with E-state index in [9.17, 15) is 0 Å². The Labute approximate surface area is 140 Å². The van der Waals surface area contributed by atoms with Crippen LogP contribution in [0.15, 0.2) is 51.8 Å². The number of hydrogen-bond donors (Lipinski definition) is 0. The largest absolute Gasteiger partial charge is 0.491 e. The molecule has 0 N–H and O–H groups in total. The first-order chi connectivity index (χ1) is 9.79. The molecule has 104 valence electrons. The molecule has 0 aliphatic carbocycles. The fourth-order valence-electron chi connectivity index (χ4n) is 2.37. The lowest BCUT2D eigenvalue weighted by molar-refractivity contribution is 0.294. The van der Waals surface area contributed by atoms with Crippen molar-refractivity contribution in [1.82, 2.24) is 0 Å². The molecule has 0 amide bonds. The molecule has 0 saturated heterocycles. The first-order valence-corrected chi connectivity index (χ1v) is 9.37. The van der Waals surface area contributed by atoms with Crippen LogP contribution in [-0.2, 0) is 5.33 Å². The van der Waals surface area contributed by atoms with E-state index in [2.05, 4.69) is 62.2 Å². The molecule has 2 aromatic rings. The summed E-state index contributed by atoms with van der Waals surface area (Å²) in [5, 5.41) is 0.803. The minimum atomic E-state index is 0.478. The molecule has 1 unspecified atom stereocenters. The molecule has 0 spiro atoms. The molecule has 0 fully saturated rings. The molecule has 20 heavy (non-hydrogen) atoms. The van der Waals surface area contributed by atoms with Crippen LogP contribution in [-0.4, -0.2) is 12.4 Å². The number of benzene rings is 2. The number of alkyl halides is 1. The average molecular weight is 414 g/mol. The van der Waals surface area contributed by atoms with Crippen molar-refractivity contribution < 1.29 is 4.74 Å². The molecule has 1 atom stereocenters. The lowest BCUT2D eigenvalue weighted by atomic mass is 10.0. The zero-order valence-electron chi connectivity index (χ0n) is 10.8. The molecule has 2 aromatic carbocycles. The van der Waals surface area contributed by atoms with E-state index in [1.807, 2.05) is 23.9 Å². The lowest BCUT2D eigenvalue weighted by Gasteiger charge is -2.16. The van der Waals surface area contributed by atoms with Crippen LogP contribution in [0.25, 0.3) is 0 Å².